The van der Waals surface area contributed by atoms with Crippen LogP contribution in [0.1, 0.15) is 258 Å². The van der Waals surface area contributed by atoms with Crippen molar-refractivity contribution < 1.29 is 28.6 Å². The molecule has 1 unspecified atom stereocenters. The predicted octanol–water partition coefficient (Wildman–Crippen LogP) is 16.7. The van der Waals surface area contributed by atoms with Gasteiger partial charge >= 0.3 is 17.9 Å². The molecule has 0 aromatic heterocycles. The van der Waals surface area contributed by atoms with Crippen LogP contribution in [0, 0.1) is 0 Å². The summed E-state index contributed by atoms with van der Waals surface area (Å²) in [7, 11) is 0. The van der Waals surface area contributed by atoms with Crippen LogP contribution in [-0.2, 0) is 28.6 Å². The fraction of sp³-hybridized carbons (Fsp3) is 0.796. The van der Waals surface area contributed by atoms with E-state index in [1.165, 1.54) is 109 Å². The summed E-state index contributed by atoms with van der Waals surface area (Å²) in [5.41, 5.74) is 0. The minimum absolute atomic E-state index is 0.0806. The van der Waals surface area contributed by atoms with E-state index >= 15 is 0 Å². The molecule has 0 saturated carbocycles. The van der Waals surface area contributed by atoms with Crippen LogP contribution in [0.25, 0.3) is 0 Å². The van der Waals surface area contributed by atoms with E-state index in [0.717, 1.165) is 109 Å². The van der Waals surface area contributed by atoms with Gasteiger partial charge in [0.2, 0.25) is 0 Å². The molecule has 0 amide bonds. The quantitative estimate of drug-likeness (QED) is 0.0263. The number of hydrogen-bond donors (Lipinski definition) is 0. The number of ether oxygens (including phenoxy) is 3. The molecular weight excluding hydrogens is 745 g/mol. The molecule has 348 valence electrons. The summed E-state index contributed by atoms with van der Waals surface area (Å²) in [5.74, 6) is -0.902. The van der Waals surface area contributed by atoms with Crippen LogP contribution in [0.4, 0.5) is 0 Å². The Labute approximate surface area is 371 Å². The van der Waals surface area contributed by atoms with Crippen molar-refractivity contribution in [3.63, 3.8) is 0 Å². The average Bonchev–Trinajstić information content (AvgIpc) is 3.24. The molecule has 0 bridgehead atoms. The largest absolute Gasteiger partial charge is 0.462 e. The number of carbonyl (C=O) groups excluding carboxylic acids is 3. The van der Waals surface area contributed by atoms with Gasteiger partial charge in [-0.05, 0) is 70.6 Å². The topological polar surface area (TPSA) is 78.9 Å². The Balaban J connectivity index is 4.34. The number of esters is 3. The van der Waals surface area contributed by atoms with Gasteiger partial charge in [0.1, 0.15) is 13.2 Å². The molecule has 6 nitrogen and oxygen atoms in total. The summed E-state index contributed by atoms with van der Waals surface area (Å²) >= 11 is 0. The Morgan fingerprint density at radius 3 is 1.10 bits per heavy atom. The Morgan fingerprint density at radius 1 is 0.350 bits per heavy atom. The summed E-state index contributed by atoms with van der Waals surface area (Å²) < 4.78 is 16.8. The molecule has 60 heavy (non-hydrogen) atoms. The number of carbonyl (C=O) groups is 3. The monoisotopic (exact) mass is 841 g/mol. The molecule has 0 heterocycles. The first-order valence-electron chi connectivity index (χ1n) is 25.6. The van der Waals surface area contributed by atoms with Crippen molar-refractivity contribution in [2.24, 2.45) is 0 Å². The van der Waals surface area contributed by atoms with Gasteiger partial charge in [0.25, 0.3) is 0 Å². The van der Waals surface area contributed by atoms with Crippen LogP contribution in [0.3, 0.4) is 0 Å². The molecule has 0 spiro atoms. The number of hydrogen-bond acceptors (Lipinski definition) is 6. The highest BCUT2D eigenvalue weighted by Gasteiger charge is 2.19. The summed E-state index contributed by atoms with van der Waals surface area (Å²) in [6.45, 7) is 6.46. The predicted molar refractivity (Wildman–Crippen MR) is 256 cm³/mol. The first-order valence-corrected chi connectivity index (χ1v) is 25.6. The first kappa shape index (κ1) is 57.4. The van der Waals surface area contributed by atoms with E-state index in [9.17, 15) is 14.4 Å². The van der Waals surface area contributed by atoms with Gasteiger partial charge < -0.3 is 14.2 Å². The van der Waals surface area contributed by atoms with Gasteiger partial charge in [-0.15, -0.1) is 0 Å². The Hall–Kier alpha value is -2.63. The van der Waals surface area contributed by atoms with Gasteiger partial charge in [0.15, 0.2) is 6.10 Å². The third-order valence-corrected chi connectivity index (χ3v) is 11.0. The minimum atomic E-state index is -0.781. The van der Waals surface area contributed by atoms with Crippen LogP contribution in [0.5, 0.6) is 0 Å². The van der Waals surface area contributed by atoms with Crippen LogP contribution >= 0.6 is 0 Å². The maximum absolute atomic E-state index is 12.8. The van der Waals surface area contributed by atoms with E-state index in [-0.39, 0.29) is 31.1 Å². The standard InChI is InChI=1S/C54H96O6/c1-4-7-10-13-16-19-22-24-26-27-29-30-32-35-38-41-44-47-53(56)59-50-51(49-58-52(55)46-43-40-37-34-21-18-15-12-9-6-3)60-54(57)48-45-42-39-36-33-31-28-25-23-20-17-14-11-8-5-2/h8,11-12,15,17,20,25,28,51H,4-7,9-10,13-14,16,18-19,21-24,26-27,29-50H2,1-3H3/b11-8-,15-12-,20-17-,28-25-. The zero-order chi connectivity index (χ0) is 43.7. The normalized spacial score (nSPS) is 12.4. The number of allylic oxidation sites excluding steroid dienone is 8. The minimum Gasteiger partial charge on any atom is -0.462 e. The second-order valence-corrected chi connectivity index (χ2v) is 17.1. The van der Waals surface area contributed by atoms with Gasteiger partial charge in [-0.25, -0.2) is 0 Å². The van der Waals surface area contributed by atoms with E-state index in [1.807, 2.05) is 0 Å². The molecule has 0 saturated heterocycles. The summed E-state index contributed by atoms with van der Waals surface area (Å²) in [6.07, 6.45) is 58.1. The maximum atomic E-state index is 12.8. The molecule has 6 heteroatoms. The summed E-state index contributed by atoms with van der Waals surface area (Å²) in [5, 5.41) is 0. The molecule has 0 fully saturated rings. The van der Waals surface area contributed by atoms with E-state index in [2.05, 4.69) is 69.4 Å². The molecular formula is C54H96O6. The fourth-order valence-electron chi connectivity index (χ4n) is 7.22. The second-order valence-electron chi connectivity index (χ2n) is 17.1. The summed E-state index contributed by atoms with van der Waals surface area (Å²) in [6, 6.07) is 0. The molecule has 0 aromatic carbocycles. The molecule has 0 radical (unpaired) electrons. The molecule has 0 aliphatic rings. The third kappa shape index (κ3) is 46.4. The van der Waals surface area contributed by atoms with Crippen LogP contribution in [0.2, 0.25) is 0 Å². The van der Waals surface area contributed by atoms with Crippen molar-refractivity contribution in [1.29, 1.82) is 0 Å². The van der Waals surface area contributed by atoms with Gasteiger partial charge in [-0.1, -0.05) is 217 Å². The highest BCUT2D eigenvalue weighted by molar-refractivity contribution is 5.71. The van der Waals surface area contributed by atoms with Crippen molar-refractivity contribution in [2.45, 2.75) is 264 Å². The SMILES string of the molecule is CC/C=C\C/C=C\C/C=C\CCCCCCCC(=O)OC(COC(=O)CCCCCCC/C=C\CCC)COC(=O)CCCCCCCCCCCCCCCCCCC. The zero-order valence-corrected chi connectivity index (χ0v) is 39.7. The lowest BCUT2D eigenvalue weighted by atomic mass is 10.0. The van der Waals surface area contributed by atoms with Crippen molar-refractivity contribution in [3.8, 4) is 0 Å². The van der Waals surface area contributed by atoms with Crippen molar-refractivity contribution >= 4 is 17.9 Å². The number of rotatable bonds is 46. The van der Waals surface area contributed by atoms with Gasteiger partial charge in [-0.2, -0.15) is 0 Å². The Morgan fingerprint density at radius 2 is 0.683 bits per heavy atom. The fourth-order valence-corrected chi connectivity index (χ4v) is 7.22. The van der Waals surface area contributed by atoms with Crippen LogP contribution < -0.4 is 0 Å². The second kappa shape index (κ2) is 49.0. The van der Waals surface area contributed by atoms with Gasteiger partial charge in [-0.3, -0.25) is 14.4 Å². The maximum Gasteiger partial charge on any atom is 0.306 e. The number of unbranched alkanes of at least 4 members (excludes halogenated alkanes) is 27. The smallest absolute Gasteiger partial charge is 0.306 e. The lowest BCUT2D eigenvalue weighted by Crippen LogP contribution is -2.30. The molecule has 0 N–H and O–H groups in total. The first-order chi connectivity index (χ1) is 29.5. The molecule has 1 atom stereocenters. The van der Waals surface area contributed by atoms with E-state index in [4.69, 9.17) is 14.2 Å². The summed E-state index contributed by atoms with van der Waals surface area (Å²) in [4.78, 5) is 37.9. The zero-order valence-electron chi connectivity index (χ0n) is 39.7. The Bertz CT molecular complexity index is 1060. The van der Waals surface area contributed by atoms with Crippen LogP contribution in [-0.4, -0.2) is 37.2 Å². The molecule has 0 rings (SSSR count). The molecule has 0 aliphatic carbocycles. The van der Waals surface area contributed by atoms with Crippen molar-refractivity contribution in [2.75, 3.05) is 13.2 Å². The van der Waals surface area contributed by atoms with E-state index < -0.39 is 6.10 Å². The van der Waals surface area contributed by atoms with Crippen molar-refractivity contribution in [1.82, 2.24) is 0 Å². The van der Waals surface area contributed by atoms with E-state index in [0.29, 0.717) is 19.3 Å². The van der Waals surface area contributed by atoms with Crippen LogP contribution in [0.15, 0.2) is 48.6 Å². The van der Waals surface area contributed by atoms with Gasteiger partial charge in [0.05, 0.1) is 0 Å². The highest BCUT2D eigenvalue weighted by atomic mass is 16.6. The average molecular weight is 841 g/mol. The molecule has 0 aliphatic heterocycles. The Kier molecular flexibility index (Phi) is 46.9. The van der Waals surface area contributed by atoms with Gasteiger partial charge in [0, 0.05) is 19.3 Å². The lowest BCUT2D eigenvalue weighted by Gasteiger charge is -2.18. The van der Waals surface area contributed by atoms with E-state index in [1.54, 1.807) is 0 Å². The highest BCUT2D eigenvalue weighted by Crippen LogP contribution is 2.16. The third-order valence-electron chi connectivity index (χ3n) is 11.0. The molecule has 0 aromatic rings. The lowest BCUT2D eigenvalue weighted by molar-refractivity contribution is -0.167. The van der Waals surface area contributed by atoms with Crippen molar-refractivity contribution in [3.05, 3.63) is 48.6 Å².